The number of nitrogens with one attached hydrogen (secondary N) is 1. The summed E-state index contributed by atoms with van der Waals surface area (Å²) in [6, 6.07) is 3.81. The third-order valence-corrected chi connectivity index (χ3v) is 2.92. The number of H-pyrrole nitrogens is 1. The fourth-order valence-electron chi connectivity index (χ4n) is 1.88. The van der Waals surface area contributed by atoms with Crippen LogP contribution in [0.4, 0.5) is 0 Å². The van der Waals surface area contributed by atoms with Crippen molar-refractivity contribution in [3.63, 3.8) is 0 Å². The minimum absolute atomic E-state index is 0.247. The van der Waals surface area contributed by atoms with Crippen LogP contribution in [0.2, 0.25) is 0 Å². The van der Waals surface area contributed by atoms with Gasteiger partial charge in [0.1, 0.15) is 5.65 Å². The highest BCUT2D eigenvalue weighted by atomic mass is 16.1. The van der Waals surface area contributed by atoms with Gasteiger partial charge in [0.15, 0.2) is 5.78 Å². The molecule has 0 spiro atoms. The highest BCUT2D eigenvalue weighted by Crippen LogP contribution is 2.34. The second kappa shape index (κ2) is 3.19. The lowest BCUT2D eigenvalue weighted by atomic mass is 10.1. The Bertz CT molecular complexity index is 511. The van der Waals surface area contributed by atoms with Crippen molar-refractivity contribution < 1.29 is 4.79 Å². The van der Waals surface area contributed by atoms with Gasteiger partial charge < -0.3 is 4.98 Å². The van der Waals surface area contributed by atoms with Gasteiger partial charge in [0.25, 0.3) is 0 Å². The van der Waals surface area contributed by atoms with Crippen LogP contribution in [0.5, 0.6) is 0 Å². The Morgan fingerprint density at radius 1 is 1.53 bits per heavy atom. The zero-order valence-electron chi connectivity index (χ0n) is 8.36. The Balaban J connectivity index is 1.98. The Hall–Kier alpha value is -1.64. The van der Waals surface area contributed by atoms with Crippen molar-refractivity contribution in [2.24, 2.45) is 5.92 Å². The van der Waals surface area contributed by atoms with Gasteiger partial charge in [0.2, 0.25) is 0 Å². The van der Waals surface area contributed by atoms with E-state index in [1.165, 1.54) is 12.8 Å². The topological polar surface area (TPSA) is 45.8 Å². The van der Waals surface area contributed by atoms with Crippen LogP contribution in [0.15, 0.2) is 24.5 Å². The number of aromatic amines is 1. The monoisotopic (exact) mass is 200 g/mol. The summed E-state index contributed by atoms with van der Waals surface area (Å²) < 4.78 is 0. The van der Waals surface area contributed by atoms with Crippen LogP contribution in [0, 0.1) is 5.92 Å². The van der Waals surface area contributed by atoms with Crippen molar-refractivity contribution in [3.8, 4) is 0 Å². The van der Waals surface area contributed by atoms with Crippen molar-refractivity contribution in [2.45, 2.75) is 19.3 Å². The van der Waals surface area contributed by atoms with Gasteiger partial charge in [0.05, 0.1) is 0 Å². The number of carbonyl (C=O) groups excluding carboxylic acids is 1. The van der Waals surface area contributed by atoms with Crippen molar-refractivity contribution in [2.75, 3.05) is 0 Å². The molecule has 0 bridgehead atoms. The number of carbonyl (C=O) groups is 1. The maximum Gasteiger partial charge on any atom is 0.165 e. The summed E-state index contributed by atoms with van der Waals surface area (Å²) in [7, 11) is 0. The molecule has 15 heavy (non-hydrogen) atoms. The number of fused-ring (bicyclic) bond motifs is 1. The van der Waals surface area contributed by atoms with Crippen LogP contribution in [0.3, 0.4) is 0 Å². The predicted octanol–water partition coefficient (Wildman–Crippen LogP) is 2.55. The first-order valence-electron chi connectivity index (χ1n) is 5.30. The highest BCUT2D eigenvalue weighted by Gasteiger charge is 2.25. The lowest BCUT2D eigenvalue weighted by molar-refractivity contribution is 0.0977. The van der Waals surface area contributed by atoms with E-state index in [-0.39, 0.29) is 5.78 Å². The van der Waals surface area contributed by atoms with E-state index in [4.69, 9.17) is 0 Å². The summed E-state index contributed by atoms with van der Waals surface area (Å²) >= 11 is 0. The average molecular weight is 200 g/mol. The van der Waals surface area contributed by atoms with Crippen molar-refractivity contribution >= 4 is 16.8 Å². The fourth-order valence-corrected chi connectivity index (χ4v) is 1.88. The van der Waals surface area contributed by atoms with Crippen LogP contribution in [-0.4, -0.2) is 15.8 Å². The fraction of sp³-hybridized carbons (Fsp3) is 0.333. The van der Waals surface area contributed by atoms with Crippen LogP contribution < -0.4 is 0 Å². The SMILES string of the molecule is O=C(CC1CC1)c1c[nH]c2ncccc12. The van der Waals surface area contributed by atoms with Gasteiger partial charge in [-0.2, -0.15) is 0 Å². The molecule has 0 amide bonds. The molecule has 3 heteroatoms. The molecular formula is C12H12N2O. The standard InChI is InChI=1S/C12H12N2O/c15-11(6-8-3-4-8)10-7-14-12-9(10)2-1-5-13-12/h1-2,5,7-8H,3-4,6H2,(H,13,14). The van der Waals surface area contributed by atoms with E-state index in [0.717, 1.165) is 16.6 Å². The molecule has 3 nitrogen and oxygen atoms in total. The van der Waals surface area contributed by atoms with E-state index in [2.05, 4.69) is 9.97 Å². The van der Waals surface area contributed by atoms with E-state index in [1.807, 2.05) is 12.1 Å². The van der Waals surface area contributed by atoms with Crippen molar-refractivity contribution in [1.82, 2.24) is 9.97 Å². The number of nitrogens with zero attached hydrogens (tertiary/aromatic N) is 1. The van der Waals surface area contributed by atoms with E-state index in [0.29, 0.717) is 12.3 Å². The summed E-state index contributed by atoms with van der Waals surface area (Å²) in [4.78, 5) is 19.1. The normalized spacial score (nSPS) is 15.7. The molecule has 2 aromatic heterocycles. The quantitative estimate of drug-likeness (QED) is 0.774. The summed E-state index contributed by atoms with van der Waals surface area (Å²) in [6.45, 7) is 0. The number of ketones is 1. The number of hydrogen-bond acceptors (Lipinski definition) is 2. The van der Waals surface area contributed by atoms with Crippen LogP contribution >= 0.6 is 0 Å². The third kappa shape index (κ3) is 1.54. The van der Waals surface area contributed by atoms with Crippen molar-refractivity contribution in [3.05, 3.63) is 30.1 Å². The van der Waals surface area contributed by atoms with Gasteiger partial charge in [-0.15, -0.1) is 0 Å². The van der Waals surface area contributed by atoms with Gasteiger partial charge in [0, 0.05) is 29.8 Å². The zero-order chi connectivity index (χ0) is 10.3. The number of aromatic nitrogens is 2. The molecule has 1 aliphatic carbocycles. The average Bonchev–Trinajstić information content (AvgIpc) is 2.96. The zero-order valence-corrected chi connectivity index (χ0v) is 8.36. The Labute approximate surface area is 87.5 Å². The molecule has 1 saturated carbocycles. The lowest BCUT2D eigenvalue weighted by Gasteiger charge is -1.96. The molecule has 0 saturated heterocycles. The third-order valence-electron chi connectivity index (χ3n) is 2.92. The van der Waals surface area contributed by atoms with Gasteiger partial charge in [-0.1, -0.05) is 0 Å². The molecule has 2 aromatic rings. The molecule has 3 rings (SSSR count). The Morgan fingerprint density at radius 2 is 2.40 bits per heavy atom. The van der Waals surface area contributed by atoms with Gasteiger partial charge >= 0.3 is 0 Å². The van der Waals surface area contributed by atoms with E-state index in [9.17, 15) is 4.79 Å². The van der Waals surface area contributed by atoms with E-state index in [1.54, 1.807) is 12.4 Å². The first kappa shape index (κ1) is 8.65. The smallest absolute Gasteiger partial charge is 0.165 e. The number of rotatable bonds is 3. The number of pyridine rings is 1. The number of hydrogen-bond donors (Lipinski definition) is 1. The van der Waals surface area contributed by atoms with Crippen LogP contribution in [0.25, 0.3) is 11.0 Å². The summed E-state index contributed by atoms with van der Waals surface area (Å²) in [5.74, 6) is 0.885. The molecule has 76 valence electrons. The second-order valence-corrected chi connectivity index (χ2v) is 4.17. The van der Waals surface area contributed by atoms with E-state index < -0.39 is 0 Å². The molecule has 0 radical (unpaired) electrons. The Kier molecular flexibility index (Phi) is 1.84. The summed E-state index contributed by atoms with van der Waals surface area (Å²) in [5.41, 5.74) is 1.60. The predicted molar refractivity (Wildman–Crippen MR) is 57.8 cm³/mol. The van der Waals surface area contributed by atoms with Crippen LogP contribution in [-0.2, 0) is 0 Å². The molecule has 0 unspecified atom stereocenters. The molecular weight excluding hydrogens is 188 g/mol. The summed E-state index contributed by atoms with van der Waals surface area (Å²) in [5, 5.41) is 0.947. The molecule has 2 heterocycles. The second-order valence-electron chi connectivity index (χ2n) is 4.17. The van der Waals surface area contributed by atoms with Gasteiger partial charge in [-0.25, -0.2) is 4.98 Å². The van der Waals surface area contributed by atoms with Crippen molar-refractivity contribution in [1.29, 1.82) is 0 Å². The molecule has 0 aromatic carbocycles. The first-order chi connectivity index (χ1) is 7.34. The van der Waals surface area contributed by atoms with Gasteiger partial charge in [-0.3, -0.25) is 4.79 Å². The lowest BCUT2D eigenvalue weighted by Crippen LogP contribution is -1.98. The first-order valence-corrected chi connectivity index (χ1v) is 5.30. The molecule has 0 atom stereocenters. The molecule has 1 fully saturated rings. The number of Topliss-reactive ketones (excluding diaryl/α,β-unsaturated/α-hetero) is 1. The Morgan fingerprint density at radius 3 is 3.20 bits per heavy atom. The molecule has 0 aliphatic heterocycles. The minimum Gasteiger partial charge on any atom is -0.345 e. The van der Waals surface area contributed by atoms with Crippen LogP contribution in [0.1, 0.15) is 29.6 Å². The molecule has 1 N–H and O–H groups in total. The maximum atomic E-state index is 11.9. The summed E-state index contributed by atoms with van der Waals surface area (Å²) in [6.07, 6.45) is 6.64. The van der Waals surface area contributed by atoms with E-state index >= 15 is 0 Å². The van der Waals surface area contributed by atoms with Gasteiger partial charge in [-0.05, 0) is 30.9 Å². The molecule has 1 aliphatic rings. The highest BCUT2D eigenvalue weighted by molar-refractivity contribution is 6.07. The maximum absolute atomic E-state index is 11.9. The largest absolute Gasteiger partial charge is 0.345 e. The minimum atomic E-state index is 0.247.